The summed E-state index contributed by atoms with van der Waals surface area (Å²) in [4.78, 5) is 6.90. The number of rotatable bonds is 5. The van der Waals surface area contributed by atoms with Crippen molar-refractivity contribution in [1.82, 2.24) is 10.6 Å². The summed E-state index contributed by atoms with van der Waals surface area (Å²) in [5.74, 6) is 1.35. The van der Waals surface area contributed by atoms with Crippen LogP contribution < -0.4 is 15.5 Å². The van der Waals surface area contributed by atoms with Gasteiger partial charge in [-0.25, -0.2) is 0 Å². The Hall–Kier alpha value is -1.80. The molecule has 0 radical (unpaired) electrons. The van der Waals surface area contributed by atoms with Gasteiger partial charge in [0.25, 0.3) is 0 Å². The fourth-order valence-corrected chi connectivity index (χ4v) is 4.34. The molecule has 2 aromatic rings. The van der Waals surface area contributed by atoms with Gasteiger partial charge in [0.1, 0.15) is 0 Å². The molecule has 2 N–H and O–H groups in total. The Labute approximate surface area is 197 Å². The van der Waals surface area contributed by atoms with Crippen molar-refractivity contribution in [3.63, 3.8) is 0 Å². The monoisotopic (exact) mass is 520 g/mol. The zero-order valence-electron chi connectivity index (χ0n) is 17.9. The highest BCUT2D eigenvalue weighted by Gasteiger charge is 2.30. The van der Waals surface area contributed by atoms with Crippen molar-refractivity contribution in [3.05, 3.63) is 65.7 Å². The molecule has 4 rings (SSSR count). The number of halogens is 1. The summed E-state index contributed by atoms with van der Waals surface area (Å²) >= 11 is 0. The predicted octanol–water partition coefficient (Wildman–Crippen LogP) is 4.13. The minimum Gasteiger partial charge on any atom is -0.373 e. The van der Waals surface area contributed by atoms with Crippen molar-refractivity contribution >= 4 is 35.6 Å². The van der Waals surface area contributed by atoms with Gasteiger partial charge in [0.2, 0.25) is 0 Å². The Bertz CT molecular complexity index is 812. The Kier molecular flexibility index (Phi) is 8.39. The highest BCUT2D eigenvalue weighted by molar-refractivity contribution is 14.0. The molecular weight excluding hydrogens is 487 g/mol. The Morgan fingerprint density at radius 3 is 2.60 bits per heavy atom. The maximum atomic E-state index is 6.02. The van der Waals surface area contributed by atoms with E-state index in [1.54, 1.807) is 0 Å². The first kappa shape index (κ1) is 22.9. The molecule has 6 heteroatoms. The molecule has 3 unspecified atom stereocenters. The number of nitrogens with zero attached hydrogens (tertiary/aromatic N) is 2. The number of hydrogen-bond donors (Lipinski definition) is 2. The topological polar surface area (TPSA) is 48.9 Å². The van der Waals surface area contributed by atoms with Crippen LogP contribution in [0.2, 0.25) is 0 Å². The molecule has 3 atom stereocenters. The number of hydrogen-bond acceptors (Lipinski definition) is 3. The average Bonchev–Trinajstić information content (AvgIpc) is 3.42. The molecule has 162 valence electrons. The molecule has 30 heavy (non-hydrogen) atoms. The lowest BCUT2D eigenvalue weighted by atomic mass is 9.95. The smallest absolute Gasteiger partial charge is 0.191 e. The normalized spacial score (nSPS) is 23.9. The van der Waals surface area contributed by atoms with E-state index in [2.05, 4.69) is 82.0 Å². The van der Waals surface area contributed by atoms with Crippen molar-refractivity contribution in [2.75, 3.05) is 38.2 Å². The van der Waals surface area contributed by atoms with Crippen molar-refractivity contribution in [2.45, 2.75) is 31.9 Å². The van der Waals surface area contributed by atoms with Gasteiger partial charge in [-0.15, -0.1) is 24.0 Å². The van der Waals surface area contributed by atoms with Gasteiger partial charge < -0.3 is 20.3 Å². The standard InChI is InChI=1S/C24H32N4O.HI/c1-18-8-10-22(11-9-18)28-14-12-21(17-28)27-24(25-2)26-16-20-13-15-29-23(20)19-6-4-3-5-7-19;/h3-11,20-21,23H,12-17H2,1-2H3,(H2,25,26,27);1H. The van der Waals surface area contributed by atoms with E-state index in [9.17, 15) is 0 Å². The number of aryl methyl sites for hydroxylation is 1. The first-order chi connectivity index (χ1) is 14.2. The van der Waals surface area contributed by atoms with E-state index in [4.69, 9.17) is 4.74 Å². The van der Waals surface area contributed by atoms with E-state index >= 15 is 0 Å². The third-order valence-corrected chi connectivity index (χ3v) is 6.03. The lowest BCUT2D eigenvalue weighted by Crippen LogP contribution is -2.46. The molecule has 0 aliphatic carbocycles. The molecule has 0 amide bonds. The number of ether oxygens (including phenoxy) is 1. The van der Waals surface area contributed by atoms with E-state index in [0.29, 0.717) is 12.0 Å². The summed E-state index contributed by atoms with van der Waals surface area (Å²) in [6, 6.07) is 19.8. The Balaban J connectivity index is 0.00000256. The zero-order valence-corrected chi connectivity index (χ0v) is 20.2. The molecule has 0 bridgehead atoms. The molecule has 2 saturated heterocycles. The molecule has 2 aliphatic rings. The SMILES string of the molecule is CN=C(NCC1CCOC1c1ccccc1)NC1CCN(c2ccc(C)cc2)C1.I. The number of benzene rings is 2. The second-order valence-corrected chi connectivity index (χ2v) is 8.12. The lowest BCUT2D eigenvalue weighted by Gasteiger charge is -2.23. The first-order valence-corrected chi connectivity index (χ1v) is 10.7. The number of guanidine groups is 1. The summed E-state index contributed by atoms with van der Waals surface area (Å²) in [5, 5.41) is 7.15. The number of anilines is 1. The molecule has 0 saturated carbocycles. The largest absolute Gasteiger partial charge is 0.373 e. The van der Waals surface area contributed by atoms with Crippen molar-refractivity contribution in [3.8, 4) is 0 Å². The van der Waals surface area contributed by atoms with Crippen molar-refractivity contribution in [2.24, 2.45) is 10.9 Å². The van der Waals surface area contributed by atoms with Crippen LogP contribution >= 0.6 is 24.0 Å². The molecule has 2 aromatic carbocycles. The summed E-state index contributed by atoms with van der Waals surface area (Å²) in [6.07, 6.45) is 2.37. The molecule has 0 spiro atoms. The van der Waals surface area contributed by atoms with Gasteiger partial charge in [0.15, 0.2) is 5.96 Å². The minimum absolute atomic E-state index is 0. The fraction of sp³-hybridized carbons (Fsp3) is 0.458. The highest BCUT2D eigenvalue weighted by Crippen LogP contribution is 2.33. The van der Waals surface area contributed by atoms with Crippen LogP contribution in [0.4, 0.5) is 5.69 Å². The summed E-state index contributed by atoms with van der Waals surface area (Å²) < 4.78 is 6.02. The molecule has 2 heterocycles. The first-order valence-electron chi connectivity index (χ1n) is 10.7. The maximum absolute atomic E-state index is 6.02. The second kappa shape index (κ2) is 11.0. The van der Waals surface area contributed by atoms with Gasteiger partial charge in [-0.3, -0.25) is 4.99 Å². The third kappa shape index (κ3) is 5.66. The van der Waals surface area contributed by atoms with E-state index in [-0.39, 0.29) is 30.1 Å². The van der Waals surface area contributed by atoms with Crippen molar-refractivity contribution < 1.29 is 4.74 Å². The summed E-state index contributed by atoms with van der Waals surface area (Å²) in [6.45, 7) is 5.90. The van der Waals surface area contributed by atoms with Gasteiger partial charge >= 0.3 is 0 Å². The van der Waals surface area contributed by atoms with E-state index < -0.39 is 0 Å². The molecular formula is C24H33IN4O. The van der Waals surface area contributed by atoms with Crippen LogP contribution in [-0.2, 0) is 4.74 Å². The second-order valence-electron chi connectivity index (χ2n) is 8.12. The van der Waals surface area contributed by atoms with Crippen LogP contribution in [0.5, 0.6) is 0 Å². The quantitative estimate of drug-likeness (QED) is 0.354. The number of aliphatic imine (C=N–C) groups is 1. The van der Waals surface area contributed by atoms with E-state index in [1.165, 1.54) is 16.8 Å². The van der Waals surface area contributed by atoms with Crippen LogP contribution in [0.3, 0.4) is 0 Å². The Morgan fingerprint density at radius 2 is 1.87 bits per heavy atom. The third-order valence-electron chi connectivity index (χ3n) is 6.03. The molecule has 5 nitrogen and oxygen atoms in total. The molecule has 0 aromatic heterocycles. The van der Waals surface area contributed by atoms with Crippen LogP contribution in [0.25, 0.3) is 0 Å². The zero-order chi connectivity index (χ0) is 20.1. The van der Waals surface area contributed by atoms with Crippen molar-refractivity contribution in [1.29, 1.82) is 0 Å². The predicted molar refractivity (Wildman–Crippen MR) is 135 cm³/mol. The van der Waals surface area contributed by atoms with Gasteiger partial charge in [-0.05, 0) is 37.5 Å². The molecule has 2 fully saturated rings. The number of nitrogens with one attached hydrogen (secondary N) is 2. The van der Waals surface area contributed by atoms with Crippen LogP contribution in [0, 0.1) is 12.8 Å². The van der Waals surface area contributed by atoms with E-state index in [1.807, 2.05) is 7.05 Å². The minimum atomic E-state index is 0. The lowest BCUT2D eigenvalue weighted by molar-refractivity contribution is 0.0915. The highest BCUT2D eigenvalue weighted by atomic mass is 127. The van der Waals surface area contributed by atoms with Gasteiger partial charge in [-0.2, -0.15) is 0 Å². The van der Waals surface area contributed by atoms with Gasteiger partial charge in [0, 0.05) is 50.9 Å². The van der Waals surface area contributed by atoms with Crippen LogP contribution in [-0.4, -0.2) is 45.3 Å². The maximum Gasteiger partial charge on any atom is 0.191 e. The Morgan fingerprint density at radius 1 is 1.10 bits per heavy atom. The van der Waals surface area contributed by atoms with Gasteiger partial charge in [-0.1, -0.05) is 48.0 Å². The van der Waals surface area contributed by atoms with Crippen LogP contribution in [0.15, 0.2) is 59.6 Å². The average molecular weight is 520 g/mol. The van der Waals surface area contributed by atoms with Crippen LogP contribution in [0.1, 0.15) is 30.1 Å². The van der Waals surface area contributed by atoms with E-state index in [0.717, 1.165) is 45.0 Å². The molecule has 2 aliphatic heterocycles. The summed E-state index contributed by atoms with van der Waals surface area (Å²) in [7, 11) is 1.85. The fourth-order valence-electron chi connectivity index (χ4n) is 4.34. The summed E-state index contributed by atoms with van der Waals surface area (Å²) in [5.41, 5.74) is 3.87. The van der Waals surface area contributed by atoms with Gasteiger partial charge in [0.05, 0.1) is 6.10 Å².